The Morgan fingerprint density at radius 1 is 0.967 bits per heavy atom. The molecular weight excluding hydrogens is 380 g/mol. The number of hydrogen-bond donors (Lipinski definition) is 0. The van der Waals surface area contributed by atoms with Crippen LogP contribution in [0.2, 0.25) is 0 Å². The molecule has 0 atom stereocenters. The van der Waals surface area contributed by atoms with Gasteiger partial charge in [0.1, 0.15) is 5.69 Å². The zero-order valence-electron chi connectivity index (χ0n) is 17.2. The number of hydrogen-bond acceptors (Lipinski definition) is 5. The molecule has 0 fully saturated rings. The first-order chi connectivity index (χ1) is 14.7. The van der Waals surface area contributed by atoms with Crippen LogP contribution in [0.4, 0.5) is 0 Å². The van der Waals surface area contributed by atoms with E-state index in [9.17, 15) is 4.79 Å². The lowest BCUT2D eigenvalue weighted by molar-refractivity contribution is 0.0727. The lowest BCUT2D eigenvalue weighted by atomic mass is 10.1. The lowest BCUT2D eigenvalue weighted by Gasteiger charge is -2.24. The molecule has 0 unspecified atom stereocenters. The summed E-state index contributed by atoms with van der Waals surface area (Å²) in [6, 6.07) is 13.2. The number of ether oxygens (including phenoxy) is 2. The molecule has 1 aliphatic rings. The third-order valence-electron chi connectivity index (χ3n) is 5.17. The number of aromatic nitrogens is 3. The van der Waals surface area contributed by atoms with Gasteiger partial charge >= 0.3 is 0 Å². The van der Waals surface area contributed by atoms with E-state index in [1.807, 2.05) is 41.3 Å². The Bertz CT molecular complexity index is 1000. The molecule has 3 heterocycles. The van der Waals surface area contributed by atoms with Crippen LogP contribution in [0, 0.1) is 0 Å². The largest absolute Gasteiger partial charge is 0.490 e. The van der Waals surface area contributed by atoms with E-state index in [2.05, 4.69) is 10.1 Å². The van der Waals surface area contributed by atoms with E-state index in [1.54, 1.807) is 30.2 Å². The summed E-state index contributed by atoms with van der Waals surface area (Å²) in [4.78, 5) is 19.5. The molecular formula is C23H26N4O3. The molecule has 0 spiro atoms. The normalized spacial score (nSPS) is 15.2. The van der Waals surface area contributed by atoms with Gasteiger partial charge in [0.25, 0.3) is 5.91 Å². The molecule has 0 aliphatic carbocycles. The highest BCUT2D eigenvalue weighted by Crippen LogP contribution is 2.32. The molecule has 156 valence electrons. The molecule has 0 saturated carbocycles. The maximum atomic E-state index is 13.2. The van der Waals surface area contributed by atoms with Crippen LogP contribution in [0.25, 0.3) is 0 Å². The summed E-state index contributed by atoms with van der Waals surface area (Å²) >= 11 is 0. The second-order valence-electron chi connectivity index (χ2n) is 7.35. The maximum absolute atomic E-state index is 13.2. The highest BCUT2D eigenvalue weighted by molar-refractivity contribution is 5.92. The van der Waals surface area contributed by atoms with Gasteiger partial charge in [-0.1, -0.05) is 31.0 Å². The van der Waals surface area contributed by atoms with Gasteiger partial charge in [-0.15, -0.1) is 0 Å². The van der Waals surface area contributed by atoms with E-state index in [4.69, 9.17) is 9.47 Å². The van der Waals surface area contributed by atoms with Gasteiger partial charge in [-0.25, -0.2) is 4.98 Å². The zero-order chi connectivity index (χ0) is 20.8. The van der Waals surface area contributed by atoms with Gasteiger partial charge in [0.15, 0.2) is 11.5 Å². The second-order valence-corrected chi connectivity index (χ2v) is 7.35. The third-order valence-corrected chi connectivity index (χ3v) is 5.17. The van der Waals surface area contributed by atoms with Gasteiger partial charge in [-0.2, -0.15) is 5.10 Å². The number of nitrogens with zero attached hydrogens (tertiary/aromatic N) is 4. The van der Waals surface area contributed by atoms with E-state index < -0.39 is 0 Å². The fourth-order valence-electron chi connectivity index (χ4n) is 3.54. The minimum absolute atomic E-state index is 0.0411. The first kappa shape index (κ1) is 19.9. The van der Waals surface area contributed by atoms with Crippen molar-refractivity contribution >= 4 is 5.91 Å². The number of benzene rings is 1. The number of amides is 1. The van der Waals surface area contributed by atoms with Crippen LogP contribution in [-0.4, -0.2) is 38.7 Å². The number of para-hydroxylation sites is 2. The number of carbonyl (C=O) groups is 1. The molecule has 1 amide bonds. The van der Waals surface area contributed by atoms with Crippen molar-refractivity contribution in [3.63, 3.8) is 0 Å². The van der Waals surface area contributed by atoms with Crippen molar-refractivity contribution in [2.24, 2.45) is 7.05 Å². The predicted molar refractivity (Wildman–Crippen MR) is 113 cm³/mol. The smallest absolute Gasteiger partial charge is 0.272 e. The second kappa shape index (κ2) is 9.43. The number of rotatable bonds is 1. The topological polar surface area (TPSA) is 69.5 Å². The summed E-state index contributed by atoms with van der Waals surface area (Å²) in [6.07, 6.45) is 7.31. The van der Waals surface area contributed by atoms with Crippen molar-refractivity contribution in [1.82, 2.24) is 19.7 Å². The first-order valence-electron chi connectivity index (χ1n) is 10.3. The van der Waals surface area contributed by atoms with E-state index in [0.29, 0.717) is 42.8 Å². The fraction of sp³-hybridized carbons (Fsp3) is 0.348. The maximum Gasteiger partial charge on any atom is 0.272 e. The van der Waals surface area contributed by atoms with E-state index >= 15 is 0 Å². The Morgan fingerprint density at radius 3 is 2.63 bits per heavy atom. The molecule has 3 aromatic rings. The molecule has 30 heavy (non-hydrogen) atoms. The first-order valence-corrected chi connectivity index (χ1v) is 10.3. The molecule has 4 rings (SSSR count). The molecule has 1 aromatic carbocycles. The van der Waals surface area contributed by atoms with Gasteiger partial charge in [0.05, 0.1) is 13.2 Å². The Morgan fingerprint density at radius 2 is 1.80 bits per heavy atom. The van der Waals surface area contributed by atoms with Crippen LogP contribution >= 0.6 is 0 Å². The van der Waals surface area contributed by atoms with Gasteiger partial charge in [-0.05, 0) is 37.1 Å². The van der Waals surface area contributed by atoms with Crippen LogP contribution < -0.4 is 9.47 Å². The molecule has 7 heteroatoms. The number of pyridine rings is 1. The SMILES string of the molecule is Cn1nccc1C(=O)N1CCCCCCOc2ccccc2Oc2ncccc2C1. The Labute approximate surface area is 176 Å². The summed E-state index contributed by atoms with van der Waals surface area (Å²) in [6.45, 7) is 1.71. The minimum Gasteiger partial charge on any atom is -0.490 e. The molecule has 0 radical (unpaired) electrons. The van der Waals surface area contributed by atoms with Gasteiger partial charge < -0.3 is 14.4 Å². The summed E-state index contributed by atoms with van der Waals surface area (Å²) in [5.41, 5.74) is 1.42. The van der Waals surface area contributed by atoms with Crippen LogP contribution in [0.15, 0.2) is 54.9 Å². The average Bonchev–Trinajstić information content (AvgIpc) is 3.19. The summed E-state index contributed by atoms with van der Waals surface area (Å²) in [5, 5.41) is 4.15. The molecule has 0 saturated heterocycles. The van der Waals surface area contributed by atoms with Crippen molar-refractivity contribution in [2.75, 3.05) is 13.2 Å². The van der Waals surface area contributed by atoms with Gasteiger partial charge in [-0.3, -0.25) is 9.48 Å². The Hall–Kier alpha value is -3.35. The van der Waals surface area contributed by atoms with Crippen molar-refractivity contribution < 1.29 is 14.3 Å². The van der Waals surface area contributed by atoms with Crippen LogP contribution in [-0.2, 0) is 13.6 Å². The predicted octanol–water partition coefficient (Wildman–Crippen LogP) is 4.20. The van der Waals surface area contributed by atoms with Gasteiger partial charge in [0, 0.05) is 31.5 Å². The minimum atomic E-state index is -0.0411. The lowest BCUT2D eigenvalue weighted by Crippen LogP contribution is -2.33. The van der Waals surface area contributed by atoms with E-state index in [0.717, 1.165) is 31.2 Å². The van der Waals surface area contributed by atoms with Crippen molar-refractivity contribution in [3.05, 3.63) is 66.1 Å². The highest BCUT2D eigenvalue weighted by atomic mass is 16.5. The van der Waals surface area contributed by atoms with E-state index in [1.165, 1.54) is 0 Å². The molecule has 2 aromatic heterocycles. The molecule has 0 bridgehead atoms. The monoisotopic (exact) mass is 406 g/mol. The number of aryl methyl sites for hydroxylation is 1. The molecule has 0 N–H and O–H groups in total. The van der Waals surface area contributed by atoms with E-state index in [-0.39, 0.29) is 5.91 Å². The quantitative estimate of drug-likeness (QED) is 0.606. The standard InChI is InChI=1S/C23H26N4O3/c1-26-19(12-14-25-26)23(28)27-15-6-2-3-7-16-29-20-10-4-5-11-21(20)30-22-18(17-27)9-8-13-24-22/h4-5,8-14H,2-3,6-7,15-17H2,1H3. The average molecular weight is 406 g/mol. The van der Waals surface area contributed by atoms with Crippen molar-refractivity contribution in [2.45, 2.75) is 32.2 Å². The van der Waals surface area contributed by atoms with Crippen molar-refractivity contribution in [3.8, 4) is 17.4 Å². The fourth-order valence-corrected chi connectivity index (χ4v) is 3.54. The molecule has 7 nitrogen and oxygen atoms in total. The highest BCUT2D eigenvalue weighted by Gasteiger charge is 2.21. The third kappa shape index (κ3) is 4.62. The van der Waals surface area contributed by atoms with Crippen LogP contribution in [0.5, 0.6) is 17.4 Å². The zero-order valence-corrected chi connectivity index (χ0v) is 17.2. The van der Waals surface area contributed by atoms with Crippen LogP contribution in [0.3, 0.4) is 0 Å². The summed E-state index contributed by atoms with van der Waals surface area (Å²) in [5.74, 6) is 1.77. The summed E-state index contributed by atoms with van der Waals surface area (Å²) in [7, 11) is 1.78. The van der Waals surface area contributed by atoms with Crippen LogP contribution in [0.1, 0.15) is 41.7 Å². The number of fused-ring (bicyclic) bond motifs is 2. The number of carbonyl (C=O) groups excluding carboxylic acids is 1. The summed E-state index contributed by atoms with van der Waals surface area (Å²) < 4.78 is 13.7. The molecule has 1 aliphatic heterocycles. The van der Waals surface area contributed by atoms with Gasteiger partial charge in [0.2, 0.25) is 5.88 Å². The van der Waals surface area contributed by atoms with Crippen molar-refractivity contribution in [1.29, 1.82) is 0 Å². The Kier molecular flexibility index (Phi) is 6.27. The Balaban J connectivity index is 1.66.